The second-order valence-corrected chi connectivity index (χ2v) is 8.29. The molecule has 162 valence electrons. The molecule has 0 radical (unpaired) electrons. The van der Waals surface area contributed by atoms with Crippen molar-refractivity contribution in [2.75, 3.05) is 19.1 Å². The van der Waals surface area contributed by atoms with Crippen molar-refractivity contribution >= 4 is 50.3 Å². The summed E-state index contributed by atoms with van der Waals surface area (Å²) in [7, 11) is 3.16. The van der Waals surface area contributed by atoms with E-state index in [1.807, 2.05) is 36.4 Å². The van der Waals surface area contributed by atoms with E-state index in [0.29, 0.717) is 28.2 Å². The van der Waals surface area contributed by atoms with E-state index in [0.717, 1.165) is 21.3 Å². The fourth-order valence-electron chi connectivity index (χ4n) is 3.13. The van der Waals surface area contributed by atoms with Crippen LogP contribution >= 0.6 is 22.9 Å². The minimum atomic E-state index is -0.200. The maximum Gasteiger partial charge on any atom is 0.253 e. The highest BCUT2D eigenvalue weighted by Crippen LogP contribution is 2.32. The van der Waals surface area contributed by atoms with Crippen molar-refractivity contribution in [2.45, 2.75) is 6.54 Å². The summed E-state index contributed by atoms with van der Waals surface area (Å²) in [5.41, 5.74) is 2.51. The third-order valence-electron chi connectivity index (χ3n) is 4.73. The van der Waals surface area contributed by atoms with Gasteiger partial charge in [-0.2, -0.15) is 0 Å². The average molecular weight is 466 g/mol. The number of carbonyl (C=O) groups is 1. The predicted molar refractivity (Wildman–Crippen MR) is 129 cm³/mol. The largest absolute Gasteiger partial charge is 0.493 e. The molecule has 0 N–H and O–H groups in total. The number of fused-ring (bicyclic) bond motifs is 1. The van der Waals surface area contributed by atoms with Gasteiger partial charge < -0.3 is 9.47 Å². The Morgan fingerprint density at radius 3 is 2.72 bits per heavy atom. The maximum absolute atomic E-state index is 13.2. The Balaban J connectivity index is 1.65. The molecule has 1 amide bonds. The zero-order valence-corrected chi connectivity index (χ0v) is 19.1. The summed E-state index contributed by atoms with van der Waals surface area (Å²) in [4.78, 5) is 23.7. The predicted octanol–water partition coefficient (Wildman–Crippen LogP) is 5.61. The Bertz CT molecular complexity index is 1270. The molecule has 0 saturated carbocycles. The first-order valence-corrected chi connectivity index (χ1v) is 10.9. The lowest BCUT2D eigenvalue weighted by Crippen LogP contribution is -2.28. The van der Waals surface area contributed by atoms with Crippen molar-refractivity contribution in [1.82, 2.24) is 9.97 Å². The standard InChI is InChI=1S/C24H20ClN3O3S/c1-30-20-9-5-16(12-21(20)31-2)6-10-23(29)28(15-17-4-3-11-26-14-17)24-27-19-8-7-18(25)13-22(19)32-24/h3-14H,15H2,1-2H3/b10-6+. The maximum atomic E-state index is 13.2. The summed E-state index contributed by atoms with van der Waals surface area (Å²) >= 11 is 7.54. The van der Waals surface area contributed by atoms with Gasteiger partial charge in [-0.05, 0) is 53.6 Å². The molecule has 0 atom stereocenters. The first-order valence-electron chi connectivity index (χ1n) is 9.74. The fraction of sp³-hybridized carbons (Fsp3) is 0.125. The number of carbonyl (C=O) groups excluding carboxylic acids is 1. The van der Waals surface area contributed by atoms with Gasteiger partial charge in [0.1, 0.15) is 0 Å². The number of benzene rings is 2. The molecule has 0 aliphatic heterocycles. The van der Waals surface area contributed by atoms with Crippen molar-refractivity contribution < 1.29 is 14.3 Å². The molecule has 0 unspecified atom stereocenters. The second-order valence-electron chi connectivity index (χ2n) is 6.84. The summed E-state index contributed by atoms with van der Waals surface area (Å²) in [6.07, 6.45) is 6.70. The second kappa shape index (κ2) is 9.80. The lowest BCUT2D eigenvalue weighted by atomic mass is 10.2. The van der Waals surface area contributed by atoms with Crippen LogP contribution in [0.4, 0.5) is 5.13 Å². The van der Waals surface area contributed by atoms with Crippen LogP contribution in [-0.2, 0) is 11.3 Å². The Morgan fingerprint density at radius 2 is 1.97 bits per heavy atom. The van der Waals surface area contributed by atoms with Gasteiger partial charge in [-0.25, -0.2) is 4.98 Å². The number of ether oxygens (including phenoxy) is 2. The highest BCUT2D eigenvalue weighted by molar-refractivity contribution is 7.22. The zero-order valence-electron chi connectivity index (χ0n) is 17.5. The summed E-state index contributed by atoms with van der Waals surface area (Å²) < 4.78 is 11.5. The summed E-state index contributed by atoms with van der Waals surface area (Å²) in [6, 6.07) is 14.7. The summed E-state index contributed by atoms with van der Waals surface area (Å²) in [5, 5.41) is 1.22. The minimum absolute atomic E-state index is 0.200. The van der Waals surface area contributed by atoms with Gasteiger partial charge in [-0.3, -0.25) is 14.7 Å². The van der Waals surface area contributed by atoms with E-state index >= 15 is 0 Å². The van der Waals surface area contributed by atoms with Crippen LogP contribution in [0.1, 0.15) is 11.1 Å². The van der Waals surface area contributed by atoms with Crippen molar-refractivity contribution in [3.05, 3.63) is 83.2 Å². The van der Waals surface area contributed by atoms with E-state index in [1.54, 1.807) is 49.7 Å². The topological polar surface area (TPSA) is 64.5 Å². The van der Waals surface area contributed by atoms with E-state index in [4.69, 9.17) is 21.1 Å². The molecular formula is C24H20ClN3O3S. The monoisotopic (exact) mass is 465 g/mol. The molecule has 6 nitrogen and oxygen atoms in total. The Kier molecular flexibility index (Phi) is 6.68. The van der Waals surface area contributed by atoms with Crippen molar-refractivity contribution in [2.24, 2.45) is 0 Å². The van der Waals surface area contributed by atoms with Gasteiger partial charge in [-0.15, -0.1) is 0 Å². The number of rotatable bonds is 7. The third-order valence-corrected chi connectivity index (χ3v) is 6.00. The van der Waals surface area contributed by atoms with E-state index < -0.39 is 0 Å². The SMILES string of the molecule is COc1ccc(/C=C/C(=O)N(Cc2cccnc2)c2nc3ccc(Cl)cc3s2)cc1OC. The number of hydrogen-bond donors (Lipinski definition) is 0. The molecular weight excluding hydrogens is 446 g/mol. The fourth-order valence-corrected chi connectivity index (χ4v) is 4.38. The first kappa shape index (κ1) is 21.8. The number of nitrogens with zero attached hydrogens (tertiary/aromatic N) is 3. The van der Waals surface area contributed by atoms with Crippen LogP contribution in [0.25, 0.3) is 16.3 Å². The van der Waals surface area contributed by atoms with Crippen LogP contribution in [0.5, 0.6) is 11.5 Å². The van der Waals surface area contributed by atoms with Crippen molar-refractivity contribution in [1.29, 1.82) is 0 Å². The van der Waals surface area contributed by atoms with Gasteiger partial charge in [-0.1, -0.05) is 35.1 Å². The van der Waals surface area contributed by atoms with Crippen LogP contribution in [-0.4, -0.2) is 30.1 Å². The number of amides is 1. The summed E-state index contributed by atoms with van der Waals surface area (Å²) in [5.74, 6) is 1.02. The molecule has 8 heteroatoms. The number of aromatic nitrogens is 2. The molecule has 0 fully saturated rings. The van der Waals surface area contributed by atoms with E-state index in [2.05, 4.69) is 9.97 Å². The average Bonchev–Trinajstić information content (AvgIpc) is 3.24. The molecule has 4 aromatic rings. The third kappa shape index (κ3) is 4.90. The first-order chi connectivity index (χ1) is 15.6. The molecule has 0 saturated heterocycles. The number of thiazole rings is 1. The van der Waals surface area contributed by atoms with Crippen LogP contribution in [0.15, 0.2) is 67.0 Å². The highest BCUT2D eigenvalue weighted by Gasteiger charge is 2.19. The van der Waals surface area contributed by atoms with Crippen LogP contribution < -0.4 is 14.4 Å². The van der Waals surface area contributed by atoms with Gasteiger partial charge in [0.25, 0.3) is 5.91 Å². The molecule has 0 spiro atoms. The lowest BCUT2D eigenvalue weighted by molar-refractivity contribution is -0.114. The molecule has 32 heavy (non-hydrogen) atoms. The quantitative estimate of drug-likeness (QED) is 0.332. The van der Waals surface area contributed by atoms with Crippen molar-refractivity contribution in [3.8, 4) is 11.5 Å². The molecule has 2 aromatic heterocycles. The van der Waals surface area contributed by atoms with Crippen LogP contribution in [0.2, 0.25) is 5.02 Å². The molecule has 0 bridgehead atoms. The number of halogens is 1. The van der Waals surface area contributed by atoms with Gasteiger partial charge >= 0.3 is 0 Å². The number of pyridine rings is 1. The zero-order chi connectivity index (χ0) is 22.5. The van der Waals surface area contributed by atoms with E-state index in [1.165, 1.54) is 17.4 Å². The van der Waals surface area contributed by atoms with E-state index in [-0.39, 0.29) is 5.91 Å². The Hall–Kier alpha value is -3.42. The Labute approximate surface area is 194 Å². The molecule has 4 rings (SSSR count). The van der Waals surface area contributed by atoms with Gasteiger partial charge in [0.2, 0.25) is 0 Å². The van der Waals surface area contributed by atoms with Crippen LogP contribution in [0, 0.1) is 0 Å². The van der Waals surface area contributed by atoms with Gasteiger partial charge in [0.05, 0.1) is 31.0 Å². The van der Waals surface area contributed by atoms with Crippen LogP contribution in [0.3, 0.4) is 0 Å². The van der Waals surface area contributed by atoms with Gasteiger partial charge in [0.15, 0.2) is 16.6 Å². The summed E-state index contributed by atoms with van der Waals surface area (Å²) in [6.45, 7) is 0.344. The number of methoxy groups -OCH3 is 2. The molecule has 2 aromatic carbocycles. The number of hydrogen-bond acceptors (Lipinski definition) is 6. The minimum Gasteiger partial charge on any atom is -0.493 e. The smallest absolute Gasteiger partial charge is 0.253 e. The lowest BCUT2D eigenvalue weighted by Gasteiger charge is -2.18. The van der Waals surface area contributed by atoms with Gasteiger partial charge in [0, 0.05) is 23.5 Å². The molecule has 0 aliphatic rings. The Morgan fingerprint density at radius 1 is 1.12 bits per heavy atom. The van der Waals surface area contributed by atoms with E-state index in [9.17, 15) is 4.79 Å². The normalized spacial score (nSPS) is 11.1. The molecule has 2 heterocycles. The number of anilines is 1. The highest BCUT2D eigenvalue weighted by atomic mass is 35.5. The van der Waals surface area contributed by atoms with Crippen molar-refractivity contribution in [3.63, 3.8) is 0 Å². The molecule has 0 aliphatic carbocycles.